The van der Waals surface area contributed by atoms with Crippen molar-refractivity contribution < 1.29 is 4.74 Å². The first kappa shape index (κ1) is 14.8. The number of aromatic nitrogens is 3. The SMILES string of the molecule is CC1(C)CCN(c2nc(Cl)nc(N3CCOCC3)n2)CC1. The zero-order valence-corrected chi connectivity index (χ0v) is 13.4. The maximum absolute atomic E-state index is 6.10. The van der Waals surface area contributed by atoms with E-state index in [0.29, 0.717) is 30.5 Å². The van der Waals surface area contributed by atoms with Crippen molar-refractivity contribution in [3.05, 3.63) is 5.28 Å². The van der Waals surface area contributed by atoms with Crippen LogP contribution in [0.25, 0.3) is 0 Å². The van der Waals surface area contributed by atoms with Gasteiger partial charge in [0, 0.05) is 26.2 Å². The van der Waals surface area contributed by atoms with Crippen LogP contribution in [0.15, 0.2) is 0 Å². The first-order valence-corrected chi connectivity index (χ1v) is 7.91. The minimum atomic E-state index is 0.270. The number of hydrogen-bond donors (Lipinski definition) is 0. The first-order valence-electron chi connectivity index (χ1n) is 7.53. The molecule has 2 fully saturated rings. The monoisotopic (exact) mass is 311 g/mol. The second-order valence-electron chi connectivity index (χ2n) is 6.46. The van der Waals surface area contributed by atoms with Crippen LogP contribution in [0.3, 0.4) is 0 Å². The summed E-state index contributed by atoms with van der Waals surface area (Å²) in [6.07, 6.45) is 2.28. The predicted octanol–water partition coefficient (Wildman–Crippen LogP) is 1.99. The topological polar surface area (TPSA) is 54.4 Å². The van der Waals surface area contributed by atoms with E-state index in [4.69, 9.17) is 16.3 Å². The van der Waals surface area contributed by atoms with E-state index < -0.39 is 0 Å². The number of halogens is 1. The van der Waals surface area contributed by atoms with Gasteiger partial charge in [0.1, 0.15) is 0 Å². The largest absolute Gasteiger partial charge is 0.378 e. The third-order valence-corrected chi connectivity index (χ3v) is 4.45. The lowest BCUT2D eigenvalue weighted by atomic mass is 9.83. The molecule has 3 heterocycles. The van der Waals surface area contributed by atoms with E-state index in [2.05, 4.69) is 38.6 Å². The molecule has 1 aromatic rings. The van der Waals surface area contributed by atoms with Crippen molar-refractivity contribution in [2.45, 2.75) is 26.7 Å². The zero-order valence-electron chi connectivity index (χ0n) is 12.7. The van der Waals surface area contributed by atoms with Gasteiger partial charge in [0.2, 0.25) is 17.2 Å². The van der Waals surface area contributed by atoms with Crippen molar-refractivity contribution in [1.82, 2.24) is 15.0 Å². The average Bonchev–Trinajstić information content (AvgIpc) is 2.47. The van der Waals surface area contributed by atoms with Crippen LogP contribution >= 0.6 is 11.6 Å². The number of hydrogen-bond acceptors (Lipinski definition) is 6. The van der Waals surface area contributed by atoms with Crippen molar-refractivity contribution in [2.75, 3.05) is 49.2 Å². The molecule has 0 N–H and O–H groups in total. The lowest BCUT2D eigenvalue weighted by Gasteiger charge is -2.37. The van der Waals surface area contributed by atoms with Gasteiger partial charge in [-0.1, -0.05) is 13.8 Å². The molecule has 0 spiro atoms. The van der Waals surface area contributed by atoms with Crippen LogP contribution in [0.1, 0.15) is 26.7 Å². The summed E-state index contributed by atoms with van der Waals surface area (Å²) in [5.41, 5.74) is 0.403. The molecule has 0 atom stereocenters. The molecule has 0 bridgehead atoms. The molecular weight excluding hydrogens is 290 g/mol. The molecule has 7 heteroatoms. The summed E-state index contributed by atoms with van der Waals surface area (Å²) in [6.45, 7) is 9.56. The maximum Gasteiger partial charge on any atom is 0.231 e. The molecule has 0 unspecified atom stereocenters. The summed E-state index contributed by atoms with van der Waals surface area (Å²) in [4.78, 5) is 17.5. The summed E-state index contributed by atoms with van der Waals surface area (Å²) < 4.78 is 5.36. The van der Waals surface area contributed by atoms with Gasteiger partial charge in [-0.2, -0.15) is 15.0 Å². The van der Waals surface area contributed by atoms with Gasteiger partial charge in [0.25, 0.3) is 0 Å². The molecule has 0 radical (unpaired) electrons. The minimum absolute atomic E-state index is 0.270. The molecule has 0 amide bonds. The van der Waals surface area contributed by atoms with E-state index in [-0.39, 0.29) is 5.28 Å². The highest BCUT2D eigenvalue weighted by molar-refractivity contribution is 6.28. The normalized spacial score (nSPS) is 22.4. The van der Waals surface area contributed by atoms with Gasteiger partial charge in [-0.05, 0) is 29.9 Å². The van der Waals surface area contributed by atoms with E-state index in [9.17, 15) is 0 Å². The number of rotatable bonds is 2. The summed E-state index contributed by atoms with van der Waals surface area (Å²) in [5.74, 6) is 1.37. The highest BCUT2D eigenvalue weighted by atomic mass is 35.5. The average molecular weight is 312 g/mol. The Balaban J connectivity index is 1.78. The quantitative estimate of drug-likeness (QED) is 0.832. The molecule has 116 valence electrons. The van der Waals surface area contributed by atoms with Crippen molar-refractivity contribution in [3.63, 3.8) is 0 Å². The summed E-state index contributed by atoms with van der Waals surface area (Å²) >= 11 is 6.10. The Morgan fingerprint density at radius 2 is 1.43 bits per heavy atom. The first-order chi connectivity index (χ1) is 10.0. The molecular formula is C14H22ClN5O. The number of ether oxygens (including phenoxy) is 1. The molecule has 2 saturated heterocycles. The fourth-order valence-corrected chi connectivity index (χ4v) is 2.84. The Bertz CT molecular complexity index is 494. The van der Waals surface area contributed by atoms with Gasteiger partial charge < -0.3 is 14.5 Å². The Morgan fingerprint density at radius 1 is 0.905 bits per heavy atom. The van der Waals surface area contributed by atoms with Crippen LogP contribution in [-0.4, -0.2) is 54.3 Å². The molecule has 2 aliphatic rings. The second-order valence-corrected chi connectivity index (χ2v) is 6.79. The summed E-state index contributed by atoms with van der Waals surface area (Å²) in [6, 6.07) is 0. The molecule has 0 aliphatic carbocycles. The highest BCUT2D eigenvalue weighted by Gasteiger charge is 2.27. The third kappa shape index (κ3) is 3.55. The van der Waals surface area contributed by atoms with Crippen molar-refractivity contribution in [1.29, 1.82) is 0 Å². The van der Waals surface area contributed by atoms with Gasteiger partial charge in [0.05, 0.1) is 13.2 Å². The number of piperidine rings is 1. The van der Waals surface area contributed by atoms with Crippen LogP contribution in [0.2, 0.25) is 5.28 Å². The molecule has 0 aromatic carbocycles. The molecule has 3 rings (SSSR count). The molecule has 21 heavy (non-hydrogen) atoms. The van der Waals surface area contributed by atoms with Crippen LogP contribution in [0.5, 0.6) is 0 Å². The predicted molar refractivity (Wildman–Crippen MR) is 83.1 cm³/mol. The Morgan fingerprint density at radius 3 is 2.00 bits per heavy atom. The molecule has 1 aromatic heterocycles. The highest BCUT2D eigenvalue weighted by Crippen LogP contribution is 2.31. The van der Waals surface area contributed by atoms with E-state index in [0.717, 1.165) is 39.0 Å². The van der Waals surface area contributed by atoms with E-state index >= 15 is 0 Å². The zero-order chi connectivity index (χ0) is 14.9. The molecule has 0 saturated carbocycles. The Labute approximate surface area is 130 Å². The lowest BCUT2D eigenvalue weighted by molar-refractivity contribution is 0.122. The van der Waals surface area contributed by atoms with Gasteiger partial charge in [-0.25, -0.2) is 0 Å². The number of anilines is 2. The minimum Gasteiger partial charge on any atom is -0.378 e. The standard InChI is InChI=1S/C14H22ClN5O/c1-14(2)3-5-19(6-4-14)12-16-11(15)17-13(18-12)20-7-9-21-10-8-20/h3-10H2,1-2H3. The third-order valence-electron chi connectivity index (χ3n) is 4.28. The van der Waals surface area contributed by atoms with Crippen molar-refractivity contribution >= 4 is 23.5 Å². The van der Waals surface area contributed by atoms with Crippen LogP contribution in [0, 0.1) is 5.41 Å². The van der Waals surface area contributed by atoms with E-state index in [1.165, 1.54) is 0 Å². The second kappa shape index (κ2) is 5.93. The smallest absolute Gasteiger partial charge is 0.231 e. The fourth-order valence-electron chi connectivity index (χ4n) is 2.69. The van der Waals surface area contributed by atoms with Crippen LogP contribution in [0.4, 0.5) is 11.9 Å². The number of nitrogens with zero attached hydrogens (tertiary/aromatic N) is 5. The van der Waals surface area contributed by atoms with Crippen molar-refractivity contribution in [3.8, 4) is 0 Å². The summed E-state index contributed by atoms with van der Waals surface area (Å²) in [5, 5.41) is 0.270. The van der Waals surface area contributed by atoms with Crippen molar-refractivity contribution in [2.24, 2.45) is 5.41 Å². The molecule has 2 aliphatic heterocycles. The van der Waals surface area contributed by atoms with Crippen LogP contribution in [-0.2, 0) is 4.74 Å². The fraction of sp³-hybridized carbons (Fsp3) is 0.786. The number of morpholine rings is 1. The lowest BCUT2D eigenvalue weighted by Crippen LogP contribution is -2.40. The maximum atomic E-state index is 6.10. The van der Waals surface area contributed by atoms with Crippen LogP contribution < -0.4 is 9.80 Å². The van der Waals surface area contributed by atoms with Gasteiger partial charge in [-0.3, -0.25) is 0 Å². The summed E-state index contributed by atoms with van der Waals surface area (Å²) in [7, 11) is 0. The Hall–Kier alpha value is -1.14. The Kier molecular flexibility index (Phi) is 4.17. The van der Waals surface area contributed by atoms with Gasteiger partial charge in [0.15, 0.2) is 0 Å². The van der Waals surface area contributed by atoms with Gasteiger partial charge in [-0.15, -0.1) is 0 Å². The van der Waals surface area contributed by atoms with Gasteiger partial charge >= 0.3 is 0 Å². The molecule has 6 nitrogen and oxygen atoms in total. The van der Waals surface area contributed by atoms with E-state index in [1.807, 2.05) is 0 Å². The van der Waals surface area contributed by atoms with E-state index in [1.54, 1.807) is 0 Å².